The van der Waals surface area contributed by atoms with Crippen LogP contribution in [0.15, 0.2) is 30.3 Å². The standard InChI is InChI=1S/C14H17NO3S/c16-10-6-7-14(8-19-11(10)12(14)17)15-13(18)9-4-2-1-3-5-9/h1-5,10-12,16-17H,6-8H2,(H,15,18)/t10-,11-,12-,14+/m0/s1. The molecule has 1 aliphatic carbocycles. The molecule has 5 heteroatoms. The molecule has 1 aliphatic heterocycles. The number of benzene rings is 1. The minimum absolute atomic E-state index is 0.155. The van der Waals surface area contributed by atoms with Gasteiger partial charge in [-0.1, -0.05) is 18.2 Å². The first kappa shape index (κ1) is 13.0. The first-order valence-electron chi connectivity index (χ1n) is 6.48. The van der Waals surface area contributed by atoms with Crippen molar-refractivity contribution in [2.45, 2.75) is 35.8 Å². The molecular formula is C14H17NO3S. The van der Waals surface area contributed by atoms with Crippen molar-refractivity contribution in [1.29, 1.82) is 0 Å². The molecule has 4 atom stereocenters. The van der Waals surface area contributed by atoms with Gasteiger partial charge in [0.25, 0.3) is 5.91 Å². The molecule has 1 aromatic carbocycles. The highest BCUT2D eigenvalue weighted by Crippen LogP contribution is 2.45. The number of hydrogen-bond donors (Lipinski definition) is 3. The Morgan fingerprint density at radius 1 is 1.32 bits per heavy atom. The Balaban J connectivity index is 1.78. The average molecular weight is 279 g/mol. The van der Waals surface area contributed by atoms with Crippen molar-refractivity contribution >= 4 is 17.7 Å². The molecule has 3 N–H and O–H groups in total. The van der Waals surface area contributed by atoms with E-state index in [1.54, 1.807) is 23.9 Å². The summed E-state index contributed by atoms with van der Waals surface area (Å²) in [6.45, 7) is 0. The Morgan fingerprint density at radius 3 is 2.79 bits per heavy atom. The molecule has 0 unspecified atom stereocenters. The molecule has 0 spiro atoms. The summed E-state index contributed by atoms with van der Waals surface area (Å²) in [5, 5.41) is 23.0. The molecule has 2 fully saturated rings. The maximum atomic E-state index is 12.2. The number of aliphatic hydroxyl groups is 2. The molecule has 2 bridgehead atoms. The number of carbonyl (C=O) groups excluding carboxylic acids is 1. The Hall–Kier alpha value is -1.04. The van der Waals surface area contributed by atoms with Crippen LogP contribution in [0.3, 0.4) is 0 Å². The molecule has 1 amide bonds. The summed E-state index contributed by atoms with van der Waals surface area (Å²) in [6.07, 6.45) is 0.111. The number of rotatable bonds is 2. The van der Waals surface area contributed by atoms with Crippen LogP contribution in [0.2, 0.25) is 0 Å². The molecule has 0 radical (unpaired) electrons. The number of fused-ring (bicyclic) bond motifs is 2. The highest BCUT2D eigenvalue weighted by molar-refractivity contribution is 8.00. The second-order valence-corrected chi connectivity index (χ2v) is 6.47. The summed E-state index contributed by atoms with van der Waals surface area (Å²) in [6, 6.07) is 9.02. The van der Waals surface area contributed by atoms with E-state index in [0.717, 1.165) is 0 Å². The van der Waals surface area contributed by atoms with Crippen LogP contribution in [0.25, 0.3) is 0 Å². The third-order valence-corrected chi connectivity index (χ3v) is 5.71. The van der Waals surface area contributed by atoms with Gasteiger partial charge in [0.2, 0.25) is 0 Å². The minimum atomic E-state index is -0.672. The van der Waals surface area contributed by atoms with Crippen LogP contribution in [0.1, 0.15) is 23.2 Å². The van der Waals surface area contributed by atoms with Gasteiger partial charge in [-0.2, -0.15) is 11.8 Å². The first-order chi connectivity index (χ1) is 9.12. The zero-order chi connectivity index (χ0) is 13.5. The van der Waals surface area contributed by atoms with E-state index in [4.69, 9.17) is 0 Å². The lowest BCUT2D eigenvalue weighted by Crippen LogP contribution is -2.61. The van der Waals surface area contributed by atoms with E-state index >= 15 is 0 Å². The van der Waals surface area contributed by atoms with E-state index in [-0.39, 0.29) is 11.2 Å². The molecule has 2 aliphatic rings. The number of amides is 1. The van der Waals surface area contributed by atoms with Gasteiger partial charge in [-0.05, 0) is 25.0 Å². The maximum absolute atomic E-state index is 12.2. The smallest absolute Gasteiger partial charge is 0.251 e. The number of aliphatic hydroxyl groups excluding tert-OH is 2. The molecule has 1 aromatic rings. The van der Waals surface area contributed by atoms with Crippen LogP contribution in [-0.2, 0) is 0 Å². The van der Waals surface area contributed by atoms with Crippen LogP contribution >= 0.6 is 11.8 Å². The fourth-order valence-electron chi connectivity index (χ4n) is 2.91. The number of thioether (sulfide) groups is 1. The molecule has 1 heterocycles. The van der Waals surface area contributed by atoms with Crippen molar-refractivity contribution in [3.63, 3.8) is 0 Å². The van der Waals surface area contributed by atoms with Crippen LogP contribution in [-0.4, -0.2) is 44.9 Å². The maximum Gasteiger partial charge on any atom is 0.251 e. The average Bonchev–Trinajstić information content (AvgIpc) is 2.64. The Labute approximate surface area is 116 Å². The lowest BCUT2D eigenvalue weighted by Gasteiger charge is -2.39. The quantitative estimate of drug-likeness (QED) is 0.748. The summed E-state index contributed by atoms with van der Waals surface area (Å²) < 4.78 is 0. The fourth-order valence-corrected chi connectivity index (χ4v) is 4.59. The SMILES string of the molecule is O=C(N[C@]12CC[C@H](O)[C@H](SC1)[C@@H]2O)c1ccccc1. The molecular weight excluding hydrogens is 262 g/mol. The van der Waals surface area contributed by atoms with Gasteiger partial charge in [0.1, 0.15) is 0 Å². The zero-order valence-electron chi connectivity index (χ0n) is 10.5. The van der Waals surface area contributed by atoms with Crippen LogP contribution < -0.4 is 5.32 Å². The predicted molar refractivity (Wildman–Crippen MR) is 74.1 cm³/mol. The van der Waals surface area contributed by atoms with E-state index in [9.17, 15) is 15.0 Å². The van der Waals surface area contributed by atoms with Crippen molar-refractivity contribution in [3.05, 3.63) is 35.9 Å². The molecule has 0 aromatic heterocycles. The van der Waals surface area contributed by atoms with Crippen LogP contribution in [0.5, 0.6) is 0 Å². The van der Waals surface area contributed by atoms with E-state index in [2.05, 4.69) is 5.32 Å². The van der Waals surface area contributed by atoms with Gasteiger partial charge in [0.05, 0.1) is 23.0 Å². The van der Waals surface area contributed by atoms with E-state index in [1.165, 1.54) is 0 Å². The van der Waals surface area contributed by atoms with Crippen molar-refractivity contribution in [2.24, 2.45) is 0 Å². The summed E-state index contributed by atoms with van der Waals surface area (Å²) in [5.74, 6) is 0.506. The third-order valence-electron chi connectivity index (χ3n) is 4.07. The van der Waals surface area contributed by atoms with Crippen LogP contribution in [0, 0.1) is 0 Å². The van der Waals surface area contributed by atoms with Gasteiger partial charge < -0.3 is 15.5 Å². The van der Waals surface area contributed by atoms with E-state index in [0.29, 0.717) is 24.2 Å². The zero-order valence-corrected chi connectivity index (χ0v) is 11.3. The van der Waals surface area contributed by atoms with Gasteiger partial charge in [-0.25, -0.2) is 0 Å². The van der Waals surface area contributed by atoms with E-state index in [1.807, 2.05) is 18.2 Å². The Kier molecular flexibility index (Phi) is 3.28. The highest BCUT2D eigenvalue weighted by atomic mass is 32.2. The Morgan fingerprint density at radius 2 is 2.05 bits per heavy atom. The monoisotopic (exact) mass is 279 g/mol. The second-order valence-electron chi connectivity index (χ2n) is 5.30. The number of nitrogens with one attached hydrogen (secondary N) is 1. The van der Waals surface area contributed by atoms with Crippen molar-refractivity contribution in [2.75, 3.05) is 5.75 Å². The molecule has 19 heavy (non-hydrogen) atoms. The van der Waals surface area contributed by atoms with Crippen molar-refractivity contribution in [3.8, 4) is 0 Å². The molecule has 1 saturated carbocycles. The number of carbonyl (C=O) groups is 1. The fraction of sp³-hybridized carbons (Fsp3) is 0.500. The minimum Gasteiger partial charge on any atom is -0.392 e. The van der Waals surface area contributed by atoms with E-state index < -0.39 is 17.7 Å². The molecule has 4 nitrogen and oxygen atoms in total. The molecule has 1 saturated heterocycles. The summed E-state index contributed by atoms with van der Waals surface area (Å²) in [5.41, 5.74) is 0.0187. The normalized spacial score (nSPS) is 37.1. The summed E-state index contributed by atoms with van der Waals surface area (Å²) >= 11 is 1.55. The van der Waals surface area contributed by atoms with Crippen molar-refractivity contribution < 1.29 is 15.0 Å². The molecule has 102 valence electrons. The third kappa shape index (κ3) is 2.16. The topological polar surface area (TPSA) is 69.6 Å². The van der Waals surface area contributed by atoms with Gasteiger partial charge in [0, 0.05) is 11.3 Å². The lowest BCUT2D eigenvalue weighted by atomic mass is 9.79. The van der Waals surface area contributed by atoms with Gasteiger partial charge >= 0.3 is 0 Å². The summed E-state index contributed by atoms with van der Waals surface area (Å²) in [4.78, 5) is 12.2. The van der Waals surface area contributed by atoms with Crippen molar-refractivity contribution in [1.82, 2.24) is 5.32 Å². The predicted octanol–water partition coefficient (Wildman–Crippen LogP) is 0.786. The van der Waals surface area contributed by atoms with Crippen LogP contribution in [0.4, 0.5) is 0 Å². The number of hydrogen-bond acceptors (Lipinski definition) is 4. The highest BCUT2D eigenvalue weighted by Gasteiger charge is 2.54. The van der Waals surface area contributed by atoms with Gasteiger partial charge in [-0.15, -0.1) is 0 Å². The Bertz CT molecular complexity index is 481. The van der Waals surface area contributed by atoms with Gasteiger partial charge in [-0.3, -0.25) is 4.79 Å². The second kappa shape index (κ2) is 4.81. The first-order valence-corrected chi connectivity index (χ1v) is 7.53. The van der Waals surface area contributed by atoms with Gasteiger partial charge in [0.15, 0.2) is 0 Å². The summed E-state index contributed by atoms with van der Waals surface area (Å²) in [7, 11) is 0. The largest absolute Gasteiger partial charge is 0.392 e. The molecule has 3 rings (SSSR count). The lowest BCUT2D eigenvalue weighted by molar-refractivity contribution is -0.00240.